The van der Waals surface area contributed by atoms with Gasteiger partial charge in [0, 0.05) is 23.7 Å². The number of carbonyl (C=O) groups is 1. The van der Waals surface area contributed by atoms with Crippen LogP contribution in [0.25, 0.3) is 11.4 Å². The van der Waals surface area contributed by atoms with Gasteiger partial charge in [-0.1, -0.05) is 35.5 Å². The minimum absolute atomic E-state index is 0.0526. The molecule has 1 heterocycles. The second kappa shape index (κ2) is 7.36. The van der Waals surface area contributed by atoms with Crippen molar-refractivity contribution in [3.63, 3.8) is 0 Å². The monoisotopic (exact) mass is 350 g/mol. The third-order valence-electron chi connectivity index (χ3n) is 3.73. The van der Waals surface area contributed by atoms with E-state index in [1.807, 2.05) is 35.8 Å². The fourth-order valence-electron chi connectivity index (χ4n) is 2.28. The van der Waals surface area contributed by atoms with Gasteiger partial charge in [0.1, 0.15) is 0 Å². The molecule has 1 aliphatic carbocycles. The first-order chi connectivity index (χ1) is 11.2. The van der Waals surface area contributed by atoms with E-state index in [2.05, 4.69) is 15.5 Å². The average Bonchev–Trinajstić information content (AvgIpc) is 3.29. The van der Waals surface area contributed by atoms with Crippen molar-refractivity contribution in [2.75, 3.05) is 12.3 Å². The number of amides is 1. The van der Waals surface area contributed by atoms with Gasteiger partial charge in [-0.15, -0.1) is 10.2 Å². The smallest absolute Gasteiger partial charge is 0.230 e. The molecule has 1 saturated carbocycles. The minimum Gasteiger partial charge on any atom is -0.355 e. The maximum Gasteiger partial charge on any atom is 0.230 e. The first-order valence-electron chi connectivity index (χ1n) is 7.76. The van der Waals surface area contributed by atoms with E-state index in [9.17, 15) is 4.79 Å². The number of benzene rings is 1. The minimum atomic E-state index is 0.0526. The highest BCUT2D eigenvalue weighted by Gasteiger charge is 2.22. The van der Waals surface area contributed by atoms with Crippen LogP contribution in [0.3, 0.4) is 0 Å². The van der Waals surface area contributed by atoms with Crippen molar-refractivity contribution in [2.24, 2.45) is 5.92 Å². The van der Waals surface area contributed by atoms with E-state index in [1.165, 1.54) is 24.6 Å². The highest BCUT2D eigenvalue weighted by atomic mass is 35.5. The average molecular weight is 351 g/mol. The molecule has 5 nitrogen and oxygen atoms in total. The summed E-state index contributed by atoms with van der Waals surface area (Å²) in [5.74, 6) is 1.88. The fraction of sp³-hybridized carbons (Fsp3) is 0.438. The largest absolute Gasteiger partial charge is 0.355 e. The SMILES string of the molecule is CCn1c(SCC(=O)NCC2CC2)nnc1-c1cccc(Cl)c1. The molecule has 7 heteroatoms. The normalized spacial score (nSPS) is 14.0. The molecule has 1 aromatic heterocycles. The van der Waals surface area contributed by atoms with Crippen LogP contribution in [0, 0.1) is 5.92 Å². The number of aromatic nitrogens is 3. The Hall–Kier alpha value is -1.53. The van der Waals surface area contributed by atoms with Crippen LogP contribution < -0.4 is 5.32 Å². The number of hydrogen-bond donors (Lipinski definition) is 1. The Morgan fingerprint density at radius 2 is 2.26 bits per heavy atom. The van der Waals surface area contributed by atoms with Gasteiger partial charge in [0.25, 0.3) is 0 Å². The summed E-state index contributed by atoms with van der Waals surface area (Å²) in [5, 5.41) is 12.9. The van der Waals surface area contributed by atoms with Crippen LogP contribution in [0.2, 0.25) is 5.02 Å². The van der Waals surface area contributed by atoms with Crippen LogP contribution in [0.4, 0.5) is 0 Å². The van der Waals surface area contributed by atoms with Gasteiger partial charge < -0.3 is 9.88 Å². The summed E-state index contributed by atoms with van der Waals surface area (Å²) in [4.78, 5) is 11.9. The lowest BCUT2D eigenvalue weighted by molar-refractivity contribution is -0.118. The van der Waals surface area contributed by atoms with E-state index < -0.39 is 0 Å². The summed E-state index contributed by atoms with van der Waals surface area (Å²) >= 11 is 7.47. The topological polar surface area (TPSA) is 59.8 Å². The van der Waals surface area contributed by atoms with E-state index in [-0.39, 0.29) is 5.91 Å². The highest BCUT2D eigenvalue weighted by Crippen LogP contribution is 2.28. The van der Waals surface area contributed by atoms with Crippen LogP contribution in [-0.4, -0.2) is 33.0 Å². The molecule has 2 aromatic rings. The Labute approximate surface area is 144 Å². The molecule has 122 valence electrons. The van der Waals surface area contributed by atoms with Crippen molar-refractivity contribution < 1.29 is 4.79 Å². The predicted molar refractivity (Wildman–Crippen MR) is 92.6 cm³/mol. The van der Waals surface area contributed by atoms with Crippen molar-refractivity contribution in [3.8, 4) is 11.4 Å². The van der Waals surface area contributed by atoms with Gasteiger partial charge in [0.15, 0.2) is 11.0 Å². The number of nitrogens with one attached hydrogen (secondary N) is 1. The van der Waals surface area contributed by atoms with Crippen LogP contribution in [0.1, 0.15) is 19.8 Å². The van der Waals surface area contributed by atoms with Crippen LogP contribution in [0.15, 0.2) is 29.4 Å². The van der Waals surface area contributed by atoms with Gasteiger partial charge in [-0.2, -0.15) is 0 Å². The lowest BCUT2D eigenvalue weighted by Crippen LogP contribution is -2.27. The molecule has 1 aliphatic rings. The second-order valence-electron chi connectivity index (χ2n) is 5.60. The molecule has 0 saturated heterocycles. The van der Waals surface area contributed by atoms with Crippen LogP contribution >= 0.6 is 23.4 Å². The molecule has 23 heavy (non-hydrogen) atoms. The first-order valence-corrected chi connectivity index (χ1v) is 9.12. The van der Waals surface area contributed by atoms with Crippen molar-refractivity contribution in [1.82, 2.24) is 20.1 Å². The lowest BCUT2D eigenvalue weighted by atomic mass is 10.2. The van der Waals surface area contributed by atoms with E-state index >= 15 is 0 Å². The molecule has 0 aliphatic heterocycles. The van der Waals surface area contributed by atoms with E-state index in [0.29, 0.717) is 16.7 Å². The summed E-state index contributed by atoms with van der Waals surface area (Å²) in [7, 11) is 0. The number of carbonyl (C=O) groups excluding carboxylic acids is 1. The molecule has 0 unspecified atom stereocenters. The van der Waals surface area contributed by atoms with Crippen molar-refractivity contribution in [2.45, 2.75) is 31.5 Å². The first kappa shape index (κ1) is 16.3. The predicted octanol–water partition coefficient (Wildman–Crippen LogP) is 3.24. The van der Waals surface area contributed by atoms with Gasteiger partial charge in [0.2, 0.25) is 5.91 Å². The summed E-state index contributed by atoms with van der Waals surface area (Å²) in [6.07, 6.45) is 2.47. The maximum atomic E-state index is 11.9. The van der Waals surface area contributed by atoms with Gasteiger partial charge >= 0.3 is 0 Å². The van der Waals surface area contributed by atoms with Crippen molar-refractivity contribution in [1.29, 1.82) is 0 Å². The molecular formula is C16H19ClN4OS. The zero-order valence-corrected chi connectivity index (χ0v) is 14.5. The Balaban J connectivity index is 1.66. The molecule has 0 radical (unpaired) electrons. The molecule has 1 amide bonds. The standard InChI is InChI=1S/C16H19ClN4OS/c1-2-21-15(12-4-3-5-13(17)8-12)19-20-16(21)23-10-14(22)18-9-11-6-7-11/h3-5,8,11H,2,6-7,9-10H2,1H3,(H,18,22). The third-order valence-corrected chi connectivity index (χ3v) is 4.93. The van der Waals surface area contributed by atoms with Crippen LogP contribution in [-0.2, 0) is 11.3 Å². The second-order valence-corrected chi connectivity index (χ2v) is 6.98. The number of hydrogen-bond acceptors (Lipinski definition) is 4. The van der Waals surface area contributed by atoms with Crippen LogP contribution in [0.5, 0.6) is 0 Å². The van der Waals surface area contributed by atoms with E-state index in [1.54, 1.807) is 0 Å². The number of nitrogens with zero attached hydrogens (tertiary/aromatic N) is 3. The Morgan fingerprint density at radius 1 is 1.43 bits per heavy atom. The van der Waals surface area contributed by atoms with Gasteiger partial charge in [-0.3, -0.25) is 4.79 Å². The molecule has 0 spiro atoms. The molecule has 1 N–H and O–H groups in total. The quantitative estimate of drug-likeness (QED) is 0.779. The van der Waals surface area contributed by atoms with E-state index in [0.717, 1.165) is 29.6 Å². The maximum absolute atomic E-state index is 11.9. The number of thioether (sulfide) groups is 1. The van der Waals surface area contributed by atoms with E-state index in [4.69, 9.17) is 11.6 Å². The highest BCUT2D eigenvalue weighted by molar-refractivity contribution is 7.99. The molecule has 1 aromatic carbocycles. The molecule has 0 atom stereocenters. The zero-order valence-electron chi connectivity index (χ0n) is 13.0. The number of halogens is 1. The summed E-state index contributed by atoms with van der Waals surface area (Å²) in [5.41, 5.74) is 0.928. The van der Waals surface area contributed by atoms with Crippen molar-refractivity contribution >= 4 is 29.3 Å². The summed E-state index contributed by atoms with van der Waals surface area (Å²) in [6, 6.07) is 7.55. The molecule has 0 bridgehead atoms. The number of rotatable bonds is 7. The van der Waals surface area contributed by atoms with Gasteiger partial charge in [0.05, 0.1) is 5.75 Å². The summed E-state index contributed by atoms with van der Waals surface area (Å²) in [6.45, 7) is 3.57. The lowest BCUT2D eigenvalue weighted by Gasteiger charge is -2.08. The molecule has 1 fully saturated rings. The summed E-state index contributed by atoms with van der Waals surface area (Å²) < 4.78 is 2.00. The molecule has 3 rings (SSSR count). The Morgan fingerprint density at radius 3 is 2.96 bits per heavy atom. The Kier molecular flexibility index (Phi) is 5.23. The molecular weight excluding hydrogens is 332 g/mol. The fourth-order valence-corrected chi connectivity index (χ4v) is 3.31. The van der Waals surface area contributed by atoms with Gasteiger partial charge in [-0.25, -0.2) is 0 Å². The van der Waals surface area contributed by atoms with Crippen molar-refractivity contribution in [3.05, 3.63) is 29.3 Å². The zero-order chi connectivity index (χ0) is 16.2. The Bertz CT molecular complexity index is 699. The third kappa shape index (κ3) is 4.26. The van der Waals surface area contributed by atoms with Gasteiger partial charge in [-0.05, 0) is 37.8 Å².